The molecule has 2 aliphatic rings. The SMILES string of the molecule is N=C(N)c1ccc2c(c1)CN(C(C=O)c1ccc(OCC(=O)OC3CCN(C(=O)OCc4ccccc4)CC3)cc1)C2=O. The zero-order valence-electron chi connectivity index (χ0n) is 23.4. The maximum absolute atomic E-state index is 13.0. The van der Waals surface area contributed by atoms with Crippen LogP contribution in [-0.4, -0.2) is 65.7 Å². The van der Waals surface area contributed by atoms with Crippen LogP contribution >= 0.6 is 0 Å². The van der Waals surface area contributed by atoms with Crippen LogP contribution in [0.4, 0.5) is 4.79 Å². The fourth-order valence-corrected chi connectivity index (χ4v) is 5.16. The Bertz CT molecular complexity index is 1500. The summed E-state index contributed by atoms with van der Waals surface area (Å²) < 4.78 is 16.5. The number of nitrogens with one attached hydrogen (secondary N) is 1. The summed E-state index contributed by atoms with van der Waals surface area (Å²) in [4.78, 5) is 52.8. The Morgan fingerprint density at radius 3 is 2.42 bits per heavy atom. The maximum atomic E-state index is 13.0. The van der Waals surface area contributed by atoms with Crippen LogP contribution < -0.4 is 10.5 Å². The summed E-state index contributed by atoms with van der Waals surface area (Å²) in [6.45, 7) is 0.976. The quantitative estimate of drug-likeness (QED) is 0.159. The predicted octanol–water partition coefficient (Wildman–Crippen LogP) is 3.59. The average Bonchev–Trinajstić information content (AvgIpc) is 3.35. The van der Waals surface area contributed by atoms with Crippen LogP contribution in [0.1, 0.15) is 51.5 Å². The van der Waals surface area contributed by atoms with E-state index in [4.69, 9.17) is 25.4 Å². The highest BCUT2D eigenvalue weighted by atomic mass is 16.6. The van der Waals surface area contributed by atoms with Gasteiger partial charge in [0.15, 0.2) is 6.61 Å². The molecule has 5 rings (SSSR count). The van der Waals surface area contributed by atoms with Crippen molar-refractivity contribution in [2.75, 3.05) is 19.7 Å². The number of fused-ring (bicyclic) bond motifs is 1. The van der Waals surface area contributed by atoms with E-state index in [1.807, 2.05) is 30.3 Å². The second-order valence-electron chi connectivity index (χ2n) is 10.4. The van der Waals surface area contributed by atoms with E-state index >= 15 is 0 Å². The van der Waals surface area contributed by atoms with Crippen molar-refractivity contribution in [1.82, 2.24) is 9.80 Å². The van der Waals surface area contributed by atoms with Crippen molar-refractivity contribution in [3.63, 3.8) is 0 Å². The highest BCUT2D eigenvalue weighted by Crippen LogP contribution is 2.31. The van der Waals surface area contributed by atoms with Gasteiger partial charge in [0.1, 0.15) is 36.6 Å². The topological polar surface area (TPSA) is 152 Å². The molecule has 43 heavy (non-hydrogen) atoms. The molecule has 0 aromatic heterocycles. The molecule has 222 valence electrons. The minimum absolute atomic E-state index is 0.0951. The molecule has 0 saturated carbocycles. The van der Waals surface area contributed by atoms with Gasteiger partial charge in [-0.05, 0) is 41.0 Å². The van der Waals surface area contributed by atoms with Gasteiger partial charge in [-0.15, -0.1) is 0 Å². The highest BCUT2D eigenvalue weighted by molar-refractivity contribution is 6.02. The van der Waals surface area contributed by atoms with Crippen molar-refractivity contribution >= 4 is 30.1 Å². The number of piperidine rings is 1. The predicted molar refractivity (Wildman–Crippen MR) is 155 cm³/mol. The van der Waals surface area contributed by atoms with Crippen LogP contribution in [-0.2, 0) is 32.2 Å². The molecule has 3 aromatic carbocycles. The Morgan fingerprint density at radius 1 is 1.02 bits per heavy atom. The minimum Gasteiger partial charge on any atom is -0.482 e. The van der Waals surface area contributed by atoms with Crippen molar-refractivity contribution in [2.45, 2.75) is 38.1 Å². The number of amides is 2. The Labute approximate surface area is 248 Å². The molecule has 1 saturated heterocycles. The second-order valence-corrected chi connectivity index (χ2v) is 10.4. The summed E-state index contributed by atoms with van der Waals surface area (Å²) >= 11 is 0. The summed E-state index contributed by atoms with van der Waals surface area (Å²) in [5, 5.41) is 7.62. The van der Waals surface area contributed by atoms with Crippen molar-refractivity contribution in [3.05, 3.63) is 101 Å². The molecule has 2 amide bonds. The zero-order chi connectivity index (χ0) is 30.3. The van der Waals surface area contributed by atoms with E-state index in [0.29, 0.717) is 60.2 Å². The summed E-state index contributed by atoms with van der Waals surface area (Å²) in [6.07, 6.45) is 1.00. The smallest absolute Gasteiger partial charge is 0.410 e. The molecule has 0 bridgehead atoms. The second kappa shape index (κ2) is 13.2. The molecule has 3 N–H and O–H groups in total. The highest BCUT2D eigenvalue weighted by Gasteiger charge is 2.34. The van der Waals surface area contributed by atoms with Gasteiger partial charge >= 0.3 is 12.1 Å². The largest absolute Gasteiger partial charge is 0.482 e. The minimum atomic E-state index is -0.818. The third-order valence-corrected chi connectivity index (χ3v) is 7.49. The van der Waals surface area contributed by atoms with Crippen molar-refractivity contribution in [2.24, 2.45) is 5.73 Å². The number of aldehydes is 1. The number of esters is 1. The van der Waals surface area contributed by atoms with E-state index in [2.05, 4.69) is 0 Å². The van der Waals surface area contributed by atoms with Crippen LogP contribution in [0.5, 0.6) is 5.75 Å². The first-order valence-electron chi connectivity index (χ1n) is 13.9. The standard InChI is InChI=1S/C32H32N4O7/c33-30(34)23-8-11-27-24(16-23)17-36(31(27)39)28(18-37)22-6-9-25(10-7-22)41-20-29(38)43-26-12-14-35(15-13-26)32(40)42-19-21-4-2-1-3-5-21/h1-11,16,18,26,28H,12-15,17,19-20H2,(H3,33,34). The zero-order valence-corrected chi connectivity index (χ0v) is 23.4. The molecule has 0 aliphatic carbocycles. The van der Waals surface area contributed by atoms with Gasteiger partial charge in [0.2, 0.25) is 0 Å². The van der Waals surface area contributed by atoms with Gasteiger partial charge in [0.25, 0.3) is 5.91 Å². The lowest BCUT2D eigenvalue weighted by atomic mass is 10.1. The van der Waals surface area contributed by atoms with Crippen LogP contribution in [0.3, 0.4) is 0 Å². The number of hydrogen-bond acceptors (Lipinski definition) is 8. The molecule has 11 nitrogen and oxygen atoms in total. The Balaban J connectivity index is 1.06. The molecular weight excluding hydrogens is 552 g/mol. The lowest BCUT2D eigenvalue weighted by Crippen LogP contribution is -2.42. The van der Waals surface area contributed by atoms with Crippen LogP contribution in [0.15, 0.2) is 72.8 Å². The number of hydrogen-bond donors (Lipinski definition) is 2. The van der Waals surface area contributed by atoms with Crippen molar-refractivity contribution < 1.29 is 33.4 Å². The fraction of sp³-hybridized carbons (Fsp3) is 0.281. The number of nitrogen functional groups attached to an aromatic ring is 1. The molecule has 1 fully saturated rings. The van der Waals surface area contributed by atoms with E-state index in [9.17, 15) is 19.2 Å². The van der Waals surface area contributed by atoms with Gasteiger partial charge < -0.3 is 34.5 Å². The first-order valence-corrected chi connectivity index (χ1v) is 13.9. The average molecular weight is 585 g/mol. The van der Waals surface area contributed by atoms with E-state index < -0.39 is 18.1 Å². The monoisotopic (exact) mass is 584 g/mol. The Hall–Kier alpha value is -5.19. The van der Waals surface area contributed by atoms with Gasteiger partial charge in [-0.1, -0.05) is 48.5 Å². The van der Waals surface area contributed by atoms with E-state index in [-0.39, 0.29) is 37.6 Å². The number of carbonyl (C=O) groups is 4. The fourth-order valence-electron chi connectivity index (χ4n) is 5.16. The summed E-state index contributed by atoms with van der Waals surface area (Å²) in [5.41, 5.74) is 8.77. The molecule has 1 unspecified atom stereocenters. The molecule has 0 spiro atoms. The number of ether oxygens (including phenoxy) is 3. The Kier molecular flexibility index (Phi) is 8.99. The summed E-state index contributed by atoms with van der Waals surface area (Å²) in [7, 11) is 0. The van der Waals surface area contributed by atoms with Crippen LogP contribution in [0, 0.1) is 5.41 Å². The van der Waals surface area contributed by atoms with Gasteiger partial charge in [-0.3, -0.25) is 10.2 Å². The van der Waals surface area contributed by atoms with Crippen LogP contribution in [0.25, 0.3) is 0 Å². The van der Waals surface area contributed by atoms with Crippen molar-refractivity contribution in [3.8, 4) is 5.75 Å². The number of nitrogens with zero attached hydrogens (tertiary/aromatic N) is 2. The number of carbonyl (C=O) groups excluding carboxylic acids is 4. The molecule has 2 aliphatic heterocycles. The maximum Gasteiger partial charge on any atom is 0.410 e. The normalized spacial score (nSPS) is 15.4. The molecule has 11 heteroatoms. The Morgan fingerprint density at radius 2 is 1.74 bits per heavy atom. The molecule has 0 radical (unpaired) electrons. The third kappa shape index (κ3) is 7.00. The number of likely N-dealkylation sites (tertiary alicyclic amines) is 1. The van der Waals surface area contributed by atoms with E-state index in [1.165, 1.54) is 4.90 Å². The summed E-state index contributed by atoms with van der Waals surface area (Å²) in [6, 6.07) is 20.1. The lowest BCUT2D eigenvalue weighted by Gasteiger charge is -2.31. The number of benzene rings is 3. The molecule has 1 atom stereocenters. The summed E-state index contributed by atoms with van der Waals surface area (Å²) in [5.74, 6) is -0.490. The van der Waals surface area contributed by atoms with Gasteiger partial charge in [-0.25, -0.2) is 9.59 Å². The van der Waals surface area contributed by atoms with E-state index in [0.717, 1.165) is 5.56 Å². The number of nitrogens with two attached hydrogens (primary N) is 1. The third-order valence-electron chi connectivity index (χ3n) is 7.49. The van der Waals surface area contributed by atoms with Crippen LogP contribution in [0.2, 0.25) is 0 Å². The molecular formula is C32H32N4O7. The van der Waals surface area contributed by atoms with Gasteiger partial charge in [0, 0.05) is 43.6 Å². The first-order chi connectivity index (χ1) is 20.8. The lowest BCUT2D eigenvalue weighted by molar-refractivity contribution is -0.153. The van der Waals surface area contributed by atoms with Crippen molar-refractivity contribution in [1.29, 1.82) is 5.41 Å². The van der Waals surface area contributed by atoms with Gasteiger partial charge in [0.05, 0.1) is 0 Å². The van der Waals surface area contributed by atoms with Gasteiger partial charge in [-0.2, -0.15) is 0 Å². The number of amidine groups is 1. The first kappa shape index (κ1) is 29.3. The molecule has 3 aromatic rings. The molecule has 2 heterocycles. The number of rotatable bonds is 10. The van der Waals surface area contributed by atoms with E-state index in [1.54, 1.807) is 47.4 Å².